The van der Waals surface area contributed by atoms with Crippen LogP contribution in [0.4, 0.5) is 0 Å². The summed E-state index contributed by atoms with van der Waals surface area (Å²) in [5.74, 6) is 2.92. The molecule has 120 valence electrons. The Hall–Kier alpha value is -2.58. The Bertz CT molecular complexity index is 1010. The number of benzene rings is 1. The van der Waals surface area contributed by atoms with Crippen LogP contribution >= 0.6 is 22.7 Å². The highest BCUT2D eigenvalue weighted by molar-refractivity contribution is 7.24. The van der Waals surface area contributed by atoms with Crippen molar-refractivity contribution in [3.8, 4) is 27.0 Å². The number of rotatable bonds is 4. The number of thiazole rings is 1. The normalized spacial score (nSPS) is 12.8. The fraction of sp³-hybridized carbons (Fsp3) is 0.125. The van der Waals surface area contributed by atoms with Gasteiger partial charge in [-0.05, 0) is 23.6 Å². The Balaban J connectivity index is 1.39. The van der Waals surface area contributed by atoms with Crippen molar-refractivity contribution in [3.05, 3.63) is 47.7 Å². The number of thiophene rings is 1. The molecule has 4 aromatic rings. The van der Waals surface area contributed by atoms with E-state index < -0.39 is 0 Å². The zero-order valence-electron chi connectivity index (χ0n) is 12.3. The van der Waals surface area contributed by atoms with E-state index in [1.54, 1.807) is 22.7 Å². The highest BCUT2D eigenvalue weighted by Crippen LogP contribution is 2.35. The Labute approximate surface area is 144 Å². The quantitative estimate of drug-likeness (QED) is 0.556. The molecule has 24 heavy (non-hydrogen) atoms. The van der Waals surface area contributed by atoms with Gasteiger partial charge in [-0.15, -0.1) is 21.5 Å². The number of hydrogen-bond acceptors (Lipinski definition) is 7. The summed E-state index contributed by atoms with van der Waals surface area (Å²) < 4.78 is 18.5. The fourth-order valence-corrected chi connectivity index (χ4v) is 4.25. The standard InChI is InChI=1S/C16H11N3O3S2/c1-2-13(23-5-1)14-7-19-15(17-18-16(19)24-14)8-20-10-3-4-11-12(6-10)22-9-21-11/h1-7H,8-9H2. The number of hydrogen-bond donors (Lipinski definition) is 0. The Morgan fingerprint density at radius 3 is 3.00 bits per heavy atom. The van der Waals surface area contributed by atoms with Gasteiger partial charge in [0.05, 0.1) is 4.88 Å². The minimum absolute atomic E-state index is 0.254. The van der Waals surface area contributed by atoms with Crippen LogP contribution in [0, 0.1) is 0 Å². The molecule has 0 saturated heterocycles. The molecule has 4 heterocycles. The Morgan fingerprint density at radius 2 is 2.08 bits per heavy atom. The molecule has 1 aliphatic heterocycles. The molecule has 0 bridgehead atoms. The number of nitrogens with zero attached hydrogens (tertiary/aromatic N) is 3. The maximum absolute atomic E-state index is 5.83. The predicted molar refractivity (Wildman–Crippen MR) is 91.1 cm³/mol. The van der Waals surface area contributed by atoms with Crippen molar-refractivity contribution in [1.29, 1.82) is 0 Å². The van der Waals surface area contributed by atoms with Crippen LogP contribution in [-0.2, 0) is 6.61 Å². The molecule has 1 aromatic carbocycles. The second-order valence-corrected chi connectivity index (χ2v) is 7.10. The molecule has 0 aliphatic carbocycles. The molecule has 8 heteroatoms. The summed E-state index contributed by atoms with van der Waals surface area (Å²) in [6.07, 6.45) is 2.06. The van der Waals surface area contributed by atoms with Gasteiger partial charge >= 0.3 is 0 Å². The molecule has 0 amide bonds. The summed E-state index contributed by atoms with van der Waals surface area (Å²) in [5, 5.41) is 10.5. The maximum atomic E-state index is 5.83. The van der Waals surface area contributed by atoms with E-state index in [1.165, 1.54) is 9.75 Å². The summed E-state index contributed by atoms with van der Waals surface area (Å²) >= 11 is 3.34. The summed E-state index contributed by atoms with van der Waals surface area (Å²) in [7, 11) is 0. The van der Waals surface area contributed by atoms with Crippen LogP contribution < -0.4 is 14.2 Å². The van der Waals surface area contributed by atoms with Gasteiger partial charge in [0, 0.05) is 17.1 Å². The van der Waals surface area contributed by atoms with Gasteiger partial charge in [0.15, 0.2) is 17.3 Å². The zero-order valence-corrected chi connectivity index (χ0v) is 14.0. The van der Waals surface area contributed by atoms with Crippen molar-refractivity contribution < 1.29 is 14.2 Å². The molecule has 0 N–H and O–H groups in total. The van der Waals surface area contributed by atoms with Gasteiger partial charge in [-0.1, -0.05) is 17.4 Å². The Morgan fingerprint density at radius 1 is 1.12 bits per heavy atom. The molecule has 0 atom stereocenters. The molecular formula is C16H11N3O3S2. The van der Waals surface area contributed by atoms with Crippen molar-refractivity contribution in [2.24, 2.45) is 0 Å². The average Bonchev–Trinajstić information content (AvgIpc) is 3.34. The molecule has 5 rings (SSSR count). The molecule has 0 radical (unpaired) electrons. The summed E-state index contributed by atoms with van der Waals surface area (Å²) in [4.78, 5) is 3.27. The molecule has 0 unspecified atom stereocenters. The third-order valence-corrected chi connectivity index (χ3v) is 5.70. The third kappa shape index (κ3) is 2.31. The van der Waals surface area contributed by atoms with E-state index in [1.807, 2.05) is 28.7 Å². The molecule has 6 nitrogen and oxygen atoms in total. The van der Waals surface area contributed by atoms with Gasteiger partial charge in [0.2, 0.25) is 11.8 Å². The van der Waals surface area contributed by atoms with Crippen molar-refractivity contribution in [2.45, 2.75) is 6.61 Å². The van der Waals surface area contributed by atoms with E-state index in [4.69, 9.17) is 14.2 Å². The minimum atomic E-state index is 0.254. The lowest BCUT2D eigenvalue weighted by atomic mass is 10.3. The first kappa shape index (κ1) is 13.8. The van der Waals surface area contributed by atoms with Crippen molar-refractivity contribution in [1.82, 2.24) is 14.6 Å². The van der Waals surface area contributed by atoms with E-state index in [-0.39, 0.29) is 6.79 Å². The van der Waals surface area contributed by atoms with Crippen LogP contribution in [-0.4, -0.2) is 21.4 Å². The summed E-state index contributed by atoms with van der Waals surface area (Å²) in [6, 6.07) is 9.68. The van der Waals surface area contributed by atoms with Gasteiger partial charge in [-0.2, -0.15) is 0 Å². The minimum Gasteiger partial charge on any atom is -0.485 e. The third-order valence-electron chi connectivity index (χ3n) is 3.66. The smallest absolute Gasteiger partial charge is 0.231 e. The van der Waals surface area contributed by atoms with E-state index >= 15 is 0 Å². The predicted octanol–water partition coefficient (Wildman–Crippen LogP) is 3.83. The first-order chi connectivity index (χ1) is 11.9. The van der Waals surface area contributed by atoms with Gasteiger partial charge < -0.3 is 14.2 Å². The van der Waals surface area contributed by atoms with E-state index in [9.17, 15) is 0 Å². The molecule has 0 spiro atoms. The average molecular weight is 357 g/mol. The lowest BCUT2D eigenvalue weighted by Crippen LogP contribution is -2.00. The van der Waals surface area contributed by atoms with Crippen LogP contribution in [0.25, 0.3) is 14.7 Å². The number of fused-ring (bicyclic) bond motifs is 2. The van der Waals surface area contributed by atoms with Crippen molar-refractivity contribution >= 4 is 27.6 Å². The van der Waals surface area contributed by atoms with Crippen LogP contribution in [0.3, 0.4) is 0 Å². The second kappa shape index (κ2) is 5.50. The highest BCUT2D eigenvalue weighted by Gasteiger charge is 2.15. The van der Waals surface area contributed by atoms with Crippen LogP contribution in [0.5, 0.6) is 17.2 Å². The van der Waals surface area contributed by atoms with Crippen LogP contribution in [0.1, 0.15) is 5.82 Å². The van der Waals surface area contributed by atoms with E-state index in [0.717, 1.165) is 16.5 Å². The lowest BCUT2D eigenvalue weighted by molar-refractivity contribution is 0.173. The van der Waals surface area contributed by atoms with Gasteiger partial charge in [-0.3, -0.25) is 4.40 Å². The van der Waals surface area contributed by atoms with Crippen LogP contribution in [0.15, 0.2) is 41.9 Å². The largest absolute Gasteiger partial charge is 0.485 e. The SMILES string of the molecule is c1csc(-c2cn3c(COc4ccc5c(c4)OCO5)nnc3s2)c1. The number of ether oxygens (including phenoxy) is 3. The number of aromatic nitrogens is 3. The summed E-state index contributed by atoms with van der Waals surface area (Å²) in [6.45, 7) is 0.589. The first-order valence-electron chi connectivity index (χ1n) is 7.26. The first-order valence-corrected chi connectivity index (χ1v) is 8.96. The molecular weight excluding hydrogens is 346 g/mol. The highest BCUT2D eigenvalue weighted by atomic mass is 32.1. The van der Waals surface area contributed by atoms with Gasteiger partial charge in [-0.25, -0.2) is 0 Å². The molecule has 0 saturated carbocycles. The molecule has 3 aromatic heterocycles. The topological polar surface area (TPSA) is 57.9 Å². The van der Waals surface area contributed by atoms with E-state index in [0.29, 0.717) is 18.1 Å². The van der Waals surface area contributed by atoms with Crippen molar-refractivity contribution in [2.75, 3.05) is 6.79 Å². The summed E-state index contributed by atoms with van der Waals surface area (Å²) in [5.41, 5.74) is 0. The second-order valence-electron chi connectivity index (χ2n) is 5.15. The monoisotopic (exact) mass is 357 g/mol. The van der Waals surface area contributed by atoms with E-state index in [2.05, 4.69) is 27.8 Å². The zero-order chi connectivity index (χ0) is 15.9. The molecule has 1 aliphatic rings. The van der Waals surface area contributed by atoms with Crippen molar-refractivity contribution in [3.63, 3.8) is 0 Å². The van der Waals surface area contributed by atoms with Crippen LogP contribution in [0.2, 0.25) is 0 Å². The van der Waals surface area contributed by atoms with Gasteiger partial charge in [0.1, 0.15) is 12.4 Å². The molecule has 0 fully saturated rings. The lowest BCUT2D eigenvalue weighted by Gasteiger charge is -2.05. The van der Waals surface area contributed by atoms with Gasteiger partial charge in [0.25, 0.3) is 0 Å². The Kier molecular flexibility index (Phi) is 3.17. The maximum Gasteiger partial charge on any atom is 0.231 e. The fourth-order valence-electron chi connectivity index (χ4n) is 2.49.